The van der Waals surface area contributed by atoms with E-state index in [2.05, 4.69) is 4.57 Å². The Labute approximate surface area is 118 Å². The zero-order chi connectivity index (χ0) is 14.5. The van der Waals surface area contributed by atoms with Crippen LogP contribution in [-0.2, 0) is 22.5 Å². The first-order chi connectivity index (χ1) is 9.69. The summed E-state index contributed by atoms with van der Waals surface area (Å²) >= 11 is 0. The molecule has 0 atom stereocenters. The minimum Gasteiger partial charge on any atom is -0.497 e. The number of carbonyl (C=O) groups is 1. The van der Waals surface area contributed by atoms with Crippen LogP contribution >= 0.6 is 0 Å². The summed E-state index contributed by atoms with van der Waals surface area (Å²) < 4.78 is 12.1. The molecule has 0 fully saturated rings. The lowest BCUT2D eigenvalue weighted by molar-refractivity contribution is -0.139. The molecule has 2 rings (SSSR count). The van der Waals surface area contributed by atoms with E-state index in [9.17, 15) is 4.79 Å². The maximum atomic E-state index is 11.5. The van der Waals surface area contributed by atoms with Crippen molar-refractivity contribution in [1.29, 1.82) is 0 Å². The number of nitrogens with two attached hydrogens (primary N) is 1. The second-order valence-electron chi connectivity index (χ2n) is 4.63. The van der Waals surface area contributed by atoms with Crippen LogP contribution in [0.3, 0.4) is 0 Å². The van der Waals surface area contributed by atoms with Gasteiger partial charge in [0.05, 0.1) is 26.2 Å². The monoisotopic (exact) mass is 276 g/mol. The molecule has 1 aromatic heterocycles. The standard InChI is InChI=1S/C15H20N2O3/c1-19-12-4-5-13-11(8-15(18)20-2)10-17(7-3-6-16)14(13)9-12/h4-5,9-10H,3,6-8,16H2,1-2H3. The molecule has 0 amide bonds. The molecule has 0 saturated heterocycles. The maximum absolute atomic E-state index is 11.5. The van der Waals surface area contributed by atoms with E-state index >= 15 is 0 Å². The van der Waals surface area contributed by atoms with Gasteiger partial charge in [-0.2, -0.15) is 0 Å². The Morgan fingerprint density at radius 2 is 2.15 bits per heavy atom. The number of aromatic nitrogens is 1. The van der Waals surface area contributed by atoms with Gasteiger partial charge in [0, 0.05) is 24.2 Å². The number of hydrogen-bond acceptors (Lipinski definition) is 4. The molecular weight excluding hydrogens is 256 g/mol. The highest BCUT2D eigenvalue weighted by Gasteiger charge is 2.12. The summed E-state index contributed by atoms with van der Waals surface area (Å²) in [6.07, 6.45) is 3.16. The van der Waals surface area contributed by atoms with Gasteiger partial charge in [0.2, 0.25) is 0 Å². The quantitative estimate of drug-likeness (QED) is 0.816. The molecule has 0 bridgehead atoms. The predicted octanol–water partition coefficient (Wildman–Crippen LogP) is 1.71. The second-order valence-corrected chi connectivity index (χ2v) is 4.63. The van der Waals surface area contributed by atoms with Gasteiger partial charge >= 0.3 is 5.97 Å². The molecule has 5 nitrogen and oxygen atoms in total. The molecule has 20 heavy (non-hydrogen) atoms. The molecule has 0 unspecified atom stereocenters. The Hall–Kier alpha value is -2.01. The fourth-order valence-corrected chi connectivity index (χ4v) is 2.29. The number of methoxy groups -OCH3 is 2. The number of carbonyl (C=O) groups excluding carboxylic acids is 1. The Morgan fingerprint density at radius 1 is 1.35 bits per heavy atom. The first kappa shape index (κ1) is 14.4. The lowest BCUT2D eigenvalue weighted by Gasteiger charge is -2.05. The van der Waals surface area contributed by atoms with Gasteiger partial charge in [-0.15, -0.1) is 0 Å². The van der Waals surface area contributed by atoms with E-state index in [1.165, 1.54) is 7.11 Å². The van der Waals surface area contributed by atoms with Crippen molar-refractivity contribution in [1.82, 2.24) is 4.57 Å². The number of rotatable bonds is 6. The number of esters is 1. The number of benzene rings is 1. The van der Waals surface area contributed by atoms with E-state index < -0.39 is 0 Å². The molecule has 0 aliphatic carbocycles. The van der Waals surface area contributed by atoms with E-state index in [-0.39, 0.29) is 12.4 Å². The SMILES string of the molecule is COC(=O)Cc1cn(CCCN)c2cc(OC)ccc12. The van der Waals surface area contributed by atoms with Crippen molar-refractivity contribution in [3.63, 3.8) is 0 Å². The van der Waals surface area contributed by atoms with Crippen LogP contribution in [0.2, 0.25) is 0 Å². The zero-order valence-electron chi connectivity index (χ0n) is 11.9. The van der Waals surface area contributed by atoms with Gasteiger partial charge in [-0.25, -0.2) is 0 Å². The molecule has 0 radical (unpaired) electrons. The highest BCUT2D eigenvalue weighted by Crippen LogP contribution is 2.26. The van der Waals surface area contributed by atoms with E-state index in [1.54, 1.807) is 7.11 Å². The van der Waals surface area contributed by atoms with E-state index in [0.717, 1.165) is 35.2 Å². The van der Waals surface area contributed by atoms with Crippen LogP contribution in [0, 0.1) is 0 Å². The fraction of sp³-hybridized carbons (Fsp3) is 0.400. The van der Waals surface area contributed by atoms with Crippen LogP contribution < -0.4 is 10.5 Å². The normalized spacial score (nSPS) is 10.8. The second kappa shape index (κ2) is 6.43. The van der Waals surface area contributed by atoms with Gasteiger partial charge < -0.3 is 19.8 Å². The van der Waals surface area contributed by atoms with Crippen LogP contribution in [0.25, 0.3) is 10.9 Å². The number of aryl methyl sites for hydroxylation is 1. The lowest BCUT2D eigenvalue weighted by Crippen LogP contribution is -2.05. The van der Waals surface area contributed by atoms with E-state index in [1.807, 2.05) is 24.4 Å². The van der Waals surface area contributed by atoms with Crippen LogP contribution in [0.15, 0.2) is 24.4 Å². The van der Waals surface area contributed by atoms with E-state index in [0.29, 0.717) is 6.54 Å². The van der Waals surface area contributed by atoms with Crippen LogP contribution in [0.5, 0.6) is 5.75 Å². The lowest BCUT2D eigenvalue weighted by atomic mass is 10.1. The average Bonchev–Trinajstić information content (AvgIpc) is 2.82. The highest BCUT2D eigenvalue weighted by molar-refractivity contribution is 5.88. The molecule has 1 aromatic carbocycles. The van der Waals surface area contributed by atoms with E-state index in [4.69, 9.17) is 15.2 Å². The van der Waals surface area contributed by atoms with Crippen molar-refractivity contribution >= 4 is 16.9 Å². The van der Waals surface area contributed by atoms with Crippen molar-refractivity contribution in [3.05, 3.63) is 30.0 Å². The van der Waals surface area contributed by atoms with Gasteiger partial charge in [0.25, 0.3) is 0 Å². The van der Waals surface area contributed by atoms with Crippen molar-refractivity contribution in [3.8, 4) is 5.75 Å². The number of fused-ring (bicyclic) bond motifs is 1. The summed E-state index contributed by atoms with van der Waals surface area (Å²) in [5, 5.41) is 1.05. The third-order valence-corrected chi connectivity index (χ3v) is 3.34. The largest absolute Gasteiger partial charge is 0.497 e. The minimum absolute atomic E-state index is 0.237. The highest BCUT2D eigenvalue weighted by atomic mass is 16.5. The third kappa shape index (κ3) is 2.93. The summed E-state index contributed by atoms with van der Waals surface area (Å²) in [5.41, 5.74) is 7.59. The van der Waals surface area contributed by atoms with Gasteiger partial charge in [-0.05, 0) is 30.7 Å². The Balaban J connectivity index is 2.44. The summed E-state index contributed by atoms with van der Waals surface area (Å²) in [4.78, 5) is 11.5. The number of nitrogens with zero attached hydrogens (tertiary/aromatic N) is 1. The average molecular weight is 276 g/mol. The van der Waals surface area contributed by atoms with Gasteiger partial charge in [-0.3, -0.25) is 4.79 Å². The fourth-order valence-electron chi connectivity index (χ4n) is 2.29. The molecule has 2 N–H and O–H groups in total. The molecular formula is C15H20N2O3. The smallest absolute Gasteiger partial charge is 0.310 e. The molecule has 5 heteroatoms. The summed E-state index contributed by atoms with van der Waals surface area (Å²) in [5.74, 6) is 0.563. The molecule has 0 aliphatic heterocycles. The Bertz CT molecular complexity index is 604. The third-order valence-electron chi connectivity index (χ3n) is 3.34. The predicted molar refractivity (Wildman–Crippen MR) is 77.9 cm³/mol. The van der Waals surface area contributed by atoms with Gasteiger partial charge in [0.1, 0.15) is 5.75 Å². The molecule has 2 aromatic rings. The first-order valence-corrected chi connectivity index (χ1v) is 6.62. The van der Waals surface area contributed by atoms with Crippen molar-refractivity contribution in [2.45, 2.75) is 19.4 Å². The van der Waals surface area contributed by atoms with Gasteiger partial charge in [0.15, 0.2) is 0 Å². The summed E-state index contributed by atoms with van der Waals surface area (Å²) in [6.45, 7) is 1.46. The molecule has 0 saturated carbocycles. The Kier molecular flexibility index (Phi) is 4.63. The van der Waals surface area contributed by atoms with Crippen molar-refractivity contribution in [2.75, 3.05) is 20.8 Å². The molecule has 1 heterocycles. The van der Waals surface area contributed by atoms with Gasteiger partial charge in [-0.1, -0.05) is 0 Å². The molecule has 108 valence electrons. The molecule has 0 aliphatic rings. The zero-order valence-corrected chi connectivity index (χ0v) is 11.9. The van der Waals surface area contributed by atoms with Crippen molar-refractivity contribution < 1.29 is 14.3 Å². The summed E-state index contributed by atoms with van der Waals surface area (Å²) in [6, 6.07) is 5.86. The number of hydrogen-bond donors (Lipinski definition) is 1. The topological polar surface area (TPSA) is 66.5 Å². The first-order valence-electron chi connectivity index (χ1n) is 6.62. The summed E-state index contributed by atoms with van der Waals surface area (Å²) in [7, 11) is 3.04. The molecule has 0 spiro atoms. The number of ether oxygens (including phenoxy) is 2. The van der Waals surface area contributed by atoms with Crippen molar-refractivity contribution in [2.24, 2.45) is 5.73 Å². The van der Waals surface area contributed by atoms with Crippen LogP contribution in [-0.4, -0.2) is 31.3 Å². The minimum atomic E-state index is -0.237. The van der Waals surface area contributed by atoms with Crippen LogP contribution in [0.1, 0.15) is 12.0 Å². The maximum Gasteiger partial charge on any atom is 0.310 e. The Morgan fingerprint density at radius 3 is 2.80 bits per heavy atom. The van der Waals surface area contributed by atoms with Crippen LogP contribution in [0.4, 0.5) is 0 Å².